The molecule has 0 aromatic heterocycles. The van der Waals surface area contributed by atoms with Crippen molar-refractivity contribution in [1.82, 2.24) is 0 Å². The van der Waals surface area contributed by atoms with Crippen molar-refractivity contribution in [1.29, 1.82) is 0 Å². The smallest absolute Gasteiger partial charge is 0.246 e. The predicted octanol–water partition coefficient (Wildman–Crippen LogP) is 3.51. The summed E-state index contributed by atoms with van der Waals surface area (Å²) in [5, 5.41) is 7.65. The standard InChI is InChI=1S/C18H18F3N3O3/c1-9(18(26)24-13-6-5-12(19)16(20)17(13)21)22-14-8-11(23-10(2)25)4-7-15(14)27-3/h4-9,22H,1-3H3,(H,23,25)(H,24,26)/t9-/m0/s1. The predicted molar refractivity (Wildman–Crippen MR) is 95.3 cm³/mol. The van der Waals surface area contributed by atoms with Gasteiger partial charge >= 0.3 is 0 Å². The summed E-state index contributed by atoms with van der Waals surface area (Å²) in [6, 6.07) is 5.52. The van der Waals surface area contributed by atoms with E-state index in [0.29, 0.717) is 23.2 Å². The lowest BCUT2D eigenvalue weighted by atomic mass is 10.2. The summed E-state index contributed by atoms with van der Waals surface area (Å²) in [5.41, 5.74) is 0.397. The first-order valence-electron chi connectivity index (χ1n) is 7.89. The van der Waals surface area contributed by atoms with E-state index in [1.54, 1.807) is 18.2 Å². The third kappa shape index (κ3) is 4.90. The average molecular weight is 381 g/mol. The molecule has 0 bridgehead atoms. The van der Waals surface area contributed by atoms with Gasteiger partial charge in [0.25, 0.3) is 0 Å². The molecule has 0 unspecified atom stereocenters. The van der Waals surface area contributed by atoms with Gasteiger partial charge in [0.15, 0.2) is 17.5 Å². The molecule has 0 radical (unpaired) electrons. The second-order valence-corrected chi connectivity index (χ2v) is 5.67. The minimum atomic E-state index is -1.67. The van der Waals surface area contributed by atoms with Crippen molar-refractivity contribution in [2.45, 2.75) is 19.9 Å². The maximum absolute atomic E-state index is 13.7. The lowest BCUT2D eigenvalue weighted by Gasteiger charge is -2.18. The second-order valence-electron chi connectivity index (χ2n) is 5.67. The van der Waals surface area contributed by atoms with Crippen LogP contribution in [-0.4, -0.2) is 25.0 Å². The third-order valence-electron chi connectivity index (χ3n) is 3.58. The summed E-state index contributed by atoms with van der Waals surface area (Å²) in [6.07, 6.45) is 0. The molecule has 0 aliphatic carbocycles. The van der Waals surface area contributed by atoms with Crippen molar-refractivity contribution in [2.75, 3.05) is 23.1 Å². The molecule has 0 saturated heterocycles. The van der Waals surface area contributed by atoms with Gasteiger partial charge in [-0.05, 0) is 37.3 Å². The highest BCUT2D eigenvalue weighted by atomic mass is 19.2. The number of rotatable bonds is 6. The number of benzene rings is 2. The van der Waals surface area contributed by atoms with Crippen LogP contribution in [0.4, 0.5) is 30.2 Å². The zero-order valence-electron chi connectivity index (χ0n) is 14.8. The monoisotopic (exact) mass is 381 g/mol. The van der Waals surface area contributed by atoms with E-state index >= 15 is 0 Å². The fourth-order valence-corrected chi connectivity index (χ4v) is 2.26. The molecule has 1 atom stereocenters. The first-order valence-corrected chi connectivity index (χ1v) is 7.89. The summed E-state index contributed by atoms with van der Waals surface area (Å²) in [7, 11) is 1.43. The Hall–Kier alpha value is -3.23. The molecule has 0 spiro atoms. The van der Waals surface area contributed by atoms with E-state index in [-0.39, 0.29) is 5.91 Å². The molecule has 144 valence electrons. The van der Waals surface area contributed by atoms with Crippen LogP contribution in [0.5, 0.6) is 5.75 Å². The van der Waals surface area contributed by atoms with Crippen molar-refractivity contribution in [3.63, 3.8) is 0 Å². The van der Waals surface area contributed by atoms with Gasteiger partial charge in [-0.2, -0.15) is 0 Å². The molecule has 3 N–H and O–H groups in total. The number of nitrogens with one attached hydrogen (secondary N) is 3. The van der Waals surface area contributed by atoms with Crippen LogP contribution in [0.2, 0.25) is 0 Å². The van der Waals surface area contributed by atoms with Crippen LogP contribution in [0.1, 0.15) is 13.8 Å². The van der Waals surface area contributed by atoms with E-state index in [9.17, 15) is 22.8 Å². The molecule has 2 aromatic rings. The molecule has 0 heterocycles. The highest BCUT2D eigenvalue weighted by Gasteiger charge is 2.19. The van der Waals surface area contributed by atoms with Crippen molar-refractivity contribution in [2.24, 2.45) is 0 Å². The van der Waals surface area contributed by atoms with E-state index in [2.05, 4.69) is 16.0 Å². The maximum atomic E-state index is 13.7. The number of amides is 2. The van der Waals surface area contributed by atoms with Gasteiger partial charge in [0, 0.05) is 12.6 Å². The highest BCUT2D eigenvalue weighted by Crippen LogP contribution is 2.29. The Kier molecular flexibility index (Phi) is 6.27. The fourth-order valence-electron chi connectivity index (χ4n) is 2.26. The number of anilines is 3. The van der Waals surface area contributed by atoms with Crippen LogP contribution in [0.3, 0.4) is 0 Å². The van der Waals surface area contributed by atoms with Gasteiger partial charge in [-0.3, -0.25) is 9.59 Å². The van der Waals surface area contributed by atoms with Crippen LogP contribution in [0.25, 0.3) is 0 Å². The molecule has 2 rings (SSSR count). The number of hydrogen-bond donors (Lipinski definition) is 3. The topological polar surface area (TPSA) is 79.5 Å². The number of ether oxygens (including phenoxy) is 1. The van der Waals surface area contributed by atoms with Gasteiger partial charge in [0.2, 0.25) is 11.8 Å². The van der Waals surface area contributed by atoms with Gasteiger partial charge < -0.3 is 20.7 Å². The third-order valence-corrected chi connectivity index (χ3v) is 3.58. The summed E-state index contributed by atoms with van der Waals surface area (Å²) in [5.74, 6) is -5.06. The fraction of sp³-hybridized carbons (Fsp3) is 0.222. The molecule has 0 aliphatic rings. The van der Waals surface area contributed by atoms with Crippen LogP contribution < -0.4 is 20.7 Å². The van der Waals surface area contributed by atoms with Gasteiger partial charge in [-0.15, -0.1) is 0 Å². The number of methoxy groups -OCH3 is 1. The molecule has 2 aromatic carbocycles. The minimum absolute atomic E-state index is 0.272. The van der Waals surface area contributed by atoms with Gasteiger partial charge in [0.1, 0.15) is 11.8 Å². The molecule has 9 heteroatoms. The molecule has 0 fully saturated rings. The van der Waals surface area contributed by atoms with E-state index < -0.39 is 35.1 Å². The van der Waals surface area contributed by atoms with Gasteiger partial charge in [-0.25, -0.2) is 13.2 Å². The molecule has 0 aliphatic heterocycles. The van der Waals surface area contributed by atoms with E-state index in [4.69, 9.17) is 4.74 Å². The summed E-state index contributed by atoms with van der Waals surface area (Å²) in [6.45, 7) is 2.83. The number of carbonyl (C=O) groups is 2. The normalized spacial score (nSPS) is 11.5. The Bertz CT molecular complexity index is 874. The Balaban J connectivity index is 2.16. The van der Waals surface area contributed by atoms with Gasteiger partial charge in [0.05, 0.1) is 18.5 Å². The van der Waals surface area contributed by atoms with Crippen molar-refractivity contribution in [3.05, 3.63) is 47.8 Å². The van der Waals surface area contributed by atoms with Crippen LogP contribution in [0.15, 0.2) is 30.3 Å². The van der Waals surface area contributed by atoms with Crippen LogP contribution >= 0.6 is 0 Å². The van der Waals surface area contributed by atoms with Crippen molar-refractivity contribution < 1.29 is 27.5 Å². The Morgan fingerprint density at radius 2 is 1.70 bits per heavy atom. The first-order chi connectivity index (χ1) is 12.7. The Morgan fingerprint density at radius 3 is 2.33 bits per heavy atom. The molecule has 0 saturated carbocycles. The maximum Gasteiger partial charge on any atom is 0.246 e. The lowest BCUT2D eigenvalue weighted by molar-refractivity contribution is -0.116. The van der Waals surface area contributed by atoms with E-state index in [1.165, 1.54) is 21.0 Å². The van der Waals surface area contributed by atoms with Crippen LogP contribution in [0, 0.1) is 17.5 Å². The largest absolute Gasteiger partial charge is 0.495 e. The zero-order chi connectivity index (χ0) is 20.1. The molecular weight excluding hydrogens is 363 g/mol. The highest BCUT2D eigenvalue weighted by molar-refractivity contribution is 5.97. The zero-order valence-corrected chi connectivity index (χ0v) is 14.8. The number of halogens is 3. The van der Waals surface area contributed by atoms with Gasteiger partial charge in [-0.1, -0.05) is 0 Å². The summed E-state index contributed by atoms with van der Waals surface area (Å²) >= 11 is 0. The van der Waals surface area contributed by atoms with E-state index in [1.807, 2.05) is 0 Å². The Labute approximate surface area is 153 Å². The average Bonchev–Trinajstić information content (AvgIpc) is 2.62. The Morgan fingerprint density at radius 1 is 1.00 bits per heavy atom. The first kappa shape index (κ1) is 20.1. The molecule has 2 amide bonds. The second kappa shape index (κ2) is 8.43. The summed E-state index contributed by atoms with van der Waals surface area (Å²) < 4.78 is 45.1. The van der Waals surface area contributed by atoms with E-state index in [0.717, 1.165) is 6.07 Å². The SMILES string of the molecule is COc1ccc(NC(C)=O)cc1N[C@@H](C)C(=O)Nc1ccc(F)c(F)c1F. The molecule has 6 nitrogen and oxygen atoms in total. The molecular formula is C18H18F3N3O3. The number of hydrogen-bond acceptors (Lipinski definition) is 4. The lowest BCUT2D eigenvalue weighted by Crippen LogP contribution is -2.32. The summed E-state index contributed by atoms with van der Waals surface area (Å²) in [4.78, 5) is 23.4. The molecule has 27 heavy (non-hydrogen) atoms. The van der Waals surface area contributed by atoms with Crippen molar-refractivity contribution >= 4 is 28.9 Å². The minimum Gasteiger partial charge on any atom is -0.495 e. The quantitative estimate of drug-likeness (QED) is 0.669. The van der Waals surface area contributed by atoms with Crippen LogP contribution in [-0.2, 0) is 9.59 Å². The number of carbonyl (C=O) groups excluding carboxylic acids is 2. The van der Waals surface area contributed by atoms with Crippen molar-refractivity contribution in [3.8, 4) is 5.75 Å².